The van der Waals surface area contributed by atoms with Gasteiger partial charge in [0.2, 0.25) is 5.91 Å². The molecule has 0 unspecified atom stereocenters. The van der Waals surface area contributed by atoms with Crippen molar-refractivity contribution in [3.63, 3.8) is 0 Å². The smallest absolute Gasteiger partial charge is 0.271 e. The van der Waals surface area contributed by atoms with Gasteiger partial charge in [-0.05, 0) is 28.9 Å². The van der Waals surface area contributed by atoms with Gasteiger partial charge in [-0.1, -0.05) is 0 Å². The van der Waals surface area contributed by atoms with Crippen LogP contribution in [0.4, 0.5) is 0 Å². The van der Waals surface area contributed by atoms with Gasteiger partial charge in [0.15, 0.2) is 0 Å². The molecule has 1 rings (SSSR count). The first-order chi connectivity index (χ1) is 9.90. The number of carbonyl (C=O) groups is 2. The van der Waals surface area contributed by atoms with Crippen molar-refractivity contribution in [1.29, 1.82) is 0 Å². The van der Waals surface area contributed by atoms with E-state index in [4.69, 9.17) is 4.74 Å². The molecule has 0 aromatic carbocycles. The van der Waals surface area contributed by atoms with Crippen molar-refractivity contribution in [1.82, 2.24) is 14.4 Å². The third-order valence-corrected chi connectivity index (χ3v) is 3.53. The van der Waals surface area contributed by atoms with Gasteiger partial charge in [0.05, 0.1) is 6.61 Å². The van der Waals surface area contributed by atoms with E-state index in [1.807, 2.05) is 17.7 Å². The Bertz CT molecular complexity index is 500. The number of methoxy groups -OCH3 is 1. The minimum absolute atomic E-state index is 0.0434. The molecule has 0 aliphatic carbocycles. The van der Waals surface area contributed by atoms with Crippen LogP contribution in [0.3, 0.4) is 0 Å². The summed E-state index contributed by atoms with van der Waals surface area (Å²) in [6.45, 7) is 3.46. The van der Waals surface area contributed by atoms with Crippen molar-refractivity contribution >= 4 is 27.7 Å². The third kappa shape index (κ3) is 4.86. The van der Waals surface area contributed by atoms with Crippen LogP contribution in [0.2, 0.25) is 0 Å². The van der Waals surface area contributed by atoms with Gasteiger partial charge in [-0.2, -0.15) is 0 Å². The summed E-state index contributed by atoms with van der Waals surface area (Å²) in [6, 6.07) is 1.77. The molecular weight excluding hydrogens is 338 g/mol. The lowest BCUT2D eigenvalue weighted by molar-refractivity contribution is -0.129. The molecule has 6 nitrogen and oxygen atoms in total. The SMILES string of the molecule is CCn1cc(Br)cc1C(=O)N(CCOC)CC(=O)N(C)C. The topological polar surface area (TPSA) is 54.8 Å². The molecule has 2 amide bonds. The van der Waals surface area contributed by atoms with Gasteiger partial charge in [-0.15, -0.1) is 0 Å². The summed E-state index contributed by atoms with van der Waals surface area (Å²) >= 11 is 3.38. The summed E-state index contributed by atoms with van der Waals surface area (Å²) < 4.78 is 7.73. The number of aryl methyl sites for hydroxylation is 1. The Morgan fingerprint density at radius 1 is 1.38 bits per heavy atom. The van der Waals surface area contributed by atoms with Gasteiger partial charge < -0.3 is 19.1 Å². The molecule has 0 aliphatic rings. The van der Waals surface area contributed by atoms with E-state index >= 15 is 0 Å². The maximum Gasteiger partial charge on any atom is 0.271 e. The van der Waals surface area contributed by atoms with Crippen LogP contribution in [-0.4, -0.2) is 67.1 Å². The number of hydrogen-bond acceptors (Lipinski definition) is 3. The van der Waals surface area contributed by atoms with Gasteiger partial charge in [-0.25, -0.2) is 0 Å². The Morgan fingerprint density at radius 3 is 2.57 bits per heavy atom. The molecule has 0 atom stereocenters. The molecule has 0 saturated heterocycles. The van der Waals surface area contributed by atoms with Crippen LogP contribution in [0, 0.1) is 0 Å². The van der Waals surface area contributed by atoms with Crippen molar-refractivity contribution in [2.45, 2.75) is 13.5 Å². The highest BCUT2D eigenvalue weighted by molar-refractivity contribution is 9.10. The molecule has 0 N–H and O–H groups in total. The summed E-state index contributed by atoms with van der Waals surface area (Å²) in [5.74, 6) is -0.289. The molecule has 0 aliphatic heterocycles. The number of hydrogen-bond donors (Lipinski definition) is 0. The molecule has 0 radical (unpaired) electrons. The normalized spacial score (nSPS) is 10.5. The van der Waals surface area contributed by atoms with Crippen molar-refractivity contribution in [2.24, 2.45) is 0 Å². The standard InChI is InChI=1S/C14H22BrN3O3/c1-5-17-9-11(15)8-12(17)14(20)18(6-7-21-4)10-13(19)16(2)3/h8-9H,5-7,10H2,1-4H3. The lowest BCUT2D eigenvalue weighted by Gasteiger charge is -2.24. The molecule has 0 fully saturated rings. The average molecular weight is 360 g/mol. The highest BCUT2D eigenvalue weighted by atomic mass is 79.9. The van der Waals surface area contributed by atoms with Gasteiger partial charge in [-0.3, -0.25) is 9.59 Å². The first kappa shape index (κ1) is 17.7. The van der Waals surface area contributed by atoms with E-state index in [1.165, 1.54) is 9.80 Å². The number of halogens is 1. The number of likely N-dealkylation sites (N-methyl/N-ethyl adjacent to an activating group) is 1. The highest BCUT2D eigenvalue weighted by Crippen LogP contribution is 2.17. The fourth-order valence-corrected chi connectivity index (χ4v) is 2.30. The van der Waals surface area contributed by atoms with Crippen LogP contribution in [0.5, 0.6) is 0 Å². The predicted molar refractivity (Wildman–Crippen MR) is 84.3 cm³/mol. The van der Waals surface area contributed by atoms with Crippen molar-refractivity contribution in [3.8, 4) is 0 Å². The van der Waals surface area contributed by atoms with E-state index in [0.29, 0.717) is 25.4 Å². The molecule has 1 aromatic heterocycles. The van der Waals surface area contributed by atoms with Gasteiger partial charge >= 0.3 is 0 Å². The van der Waals surface area contributed by atoms with Crippen molar-refractivity contribution < 1.29 is 14.3 Å². The zero-order chi connectivity index (χ0) is 16.0. The van der Waals surface area contributed by atoms with Gasteiger partial charge in [0, 0.05) is 45.0 Å². The Kier molecular flexibility index (Phi) is 6.91. The number of carbonyl (C=O) groups excluding carboxylic acids is 2. The first-order valence-corrected chi connectivity index (χ1v) is 7.54. The van der Waals surface area contributed by atoms with Crippen LogP contribution in [0.25, 0.3) is 0 Å². The second-order valence-electron chi connectivity index (χ2n) is 4.84. The summed E-state index contributed by atoms with van der Waals surface area (Å²) in [5, 5.41) is 0. The maximum atomic E-state index is 12.7. The second kappa shape index (κ2) is 8.19. The third-order valence-electron chi connectivity index (χ3n) is 3.10. The van der Waals surface area contributed by atoms with E-state index < -0.39 is 0 Å². The van der Waals surface area contributed by atoms with Gasteiger partial charge in [0.25, 0.3) is 5.91 Å². The zero-order valence-corrected chi connectivity index (χ0v) is 14.5. The molecule has 0 spiro atoms. The summed E-state index contributed by atoms with van der Waals surface area (Å²) in [4.78, 5) is 27.5. The molecule has 21 heavy (non-hydrogen) atoms. The number of ether oxygens (including phenoxy) is 1. The minimum atomic E-state index is -0.171. The van der Waals surface area contributed by atoms with E-state index in [-0.39, 0.29) is 18.4 Å². The molecule has 118 valence electrons. The Labute approximate surface area is 133 Å². The van der Waals surface area contributed by atoms with Crippen LogP contribution in [-0.2, 0) is 16.1 Å². The molecule has 0 saturated carbocycles. The van der Waals surface area contributed by atoms with Crippen molar-refractivity contribution in [3.05, 3.63) is 22.4 Å². The molecule has 1 aromatic rings. The molecule has 0 bridgehead atoms. The molecule has 7 heteroatoms. The summed E-state index contributed by atoms with van der Waals surface area (Å²) in [6.07, 6.45) is 1.86. The lowest BCUT2D eigenvalue weighted by Crippen LogP contribution is -2.42. The predicted octanol–water partition coefficient (Wildman–Crippen LogP) is 1.45. The van der Waals surface area contributed by atoms with Crippen LogP contribution in [0.1, 0.15) is 17.4 Å². The fraction of sp³-hybridized carbons (Fsp3) is 0.571. The lowest BCUT2D eigenvalue weighted by atomic mass is 10.3. The Hall–Kier alpha value is -1.34. The van der Waals surface area contributed by atoms with Gasteiger partial charge in [0.1, 0.15) is 12.2 Å². The summed E-state index contributed by atoms with van der Waals surface area (Å²) in [5.41, 5.74) is 0.562. The quantitative estimate of drug-likeness (QED) is 0.740. The largest absolute Gasteiger partial charge is 0.383 e. The molecule has 1 heterocycles. The van der Waals surface area contributed by atoms with Crippen molar-refractivity contribution in [2.75, 3.05) is 40.9 Å². The van der Waals surface area contributed by atoms with E-state index in [1.54, 1.807) is 27.3 Å². The Balaban J connectivity index is 2.95. The van der Waals surface area contributed by atoms with Crippen LogP contribution < -0.4 is 0 Å². The second-order valence-corrected chi connectivity index (χ2v) is 5.75. The monoisotopic (exact) mass is 359 g/mol. The van der Waals surface area contributed by atoms with Crippen LogP contribution >= 0.6 is 15.9 Å². The van der Waals surface area contributed by atoms with E-state index in [0.717, 1.165) is 4.47 Å². The number of aromatic nitrogens is 1. The highest BCUT2D eigenvalue weighted by Gasteiger charge is 2.22. The number of amides is 2. The fourth-order valence-electron chi connectivity index (χ4n) is 1.84. The first-order valence-electron chi connectivity index (χ1n) is 6.74. The minimum Gasteiger partial charge on any atom is -0.383 e. The average Bonchev–Trinajstić information content (AvgIpc) is 2.83. The maximum absolute atomic E-state index is 12.7. The Morgan fingerprint density at radius 2 is 2.05 bits per heavy atom. The van der Waals surface area contributed by atoms with E-state index in [9.17, 15) is 9.59 Å². The zero-order valence-electron chi connectivity index (χ0n) is 12.9. The van der Waals surface area contributed by atoms with E-state index in [2.05, 4.69) is 15.9 Å². The number of nitrogens with zero attached hydrogens (tertiary/aromatic N) is 3. The van der Waals surface area contributed by atoms with Crippen LogP contribution in [0.15, 0.2) is 16.7 Å². The summed E-state index contributed by atoms with van der Waals surface area (Å²) in [7, 11) is 4.92. The number of rotatable bonds is 7. The molecular formula is C14H22BrN3O3.